The molecular weight excluding hydrogens is 381 g/mol. The van der Waals surface area contributed by atoms with Crippen molar-refractivity contribution < 1.29 is 9.47 Å². The summed E-state index contributed by atoms with van der Waals surface area (Å²) in [5.41, 5.74) is 9.26. The van der Waals surface area contributed by atoms with Gasteiger partial charge in [0.15, 0.2) is 0 Å². The van der Waals surface area contributed by atoms with E-state index in [1.165, 1.54) is 5.56 Å². The highest BCUT2D eigenvalue weighted by Crippen LogP contribution is 2.35. The summed E-state index contributed by atoms with van der Waals surface area (Å²) in [7, 11) is 1.69. The Balaban J connectivity index is 1.98. The molecule has 0 spiro atoms. The van der Waals surface area contributed by atoms with Crippen LogP contribution in [-0.4, -0.2) is 23.0 Å². The van der Waals surface area contributed by atoms with Gasteiger partial charge in [0.2, 0.25) is 0 Å². The summed E-state index contributed by atoms with van der Waals surface area (Å²) < 4.78 is 14.1. The van der Waals surface area contributed by atoms with Crippen molar-refractivity contribution in [1.29, 1.82) is 0 Å². The maximum Gasteiger partial charge on any atom is 0.135 e. The van der Waals surface area contributed by atoms with Crippen molar-refractivity contribution in [2.24, 2.45) is 0 Å². The Hall–Kier alpha value is -1.44. The lowest BCUT2D eigenvalue weighted by Crippen LogP contribution is -2.08. The third-order valence-corrected chi connectivity index (χ3v) is 5.04. The monoisotopic (exact) mass is 399 g/mol. The summed E-state index contributed by atoms with van der Waals surface area (Å²) >= 11 is 2.22. The maximum atomic E-state index is 6.10. The van der Waals surface area contributed by atoms with Gasteiger partial charge in [-0.25, -0.2) is 4.68 Å². The molecule has 21 heavy (non-hydrogen) atoms. The van der Waals surface area contributed by atoms with Crippen LogP contribution in [-0.2, 0) is 13.0 Å². The van der Waals surface area contributed by atoms with E-state index in [2.05, 4.69) is 40.7 Å². The van der Waals surface area contributed by atoms with E-state index in [1.807, 2.05) is 13.0 Å². The lowest BCUT2D eigenvalue weighted by Gasteiger charge is -2.12. The predicted octanol–water partition coefficient (Wildman–Crippen LogP) is 2.76. The number of hydrogen-bond acceptors (Lipinski definition) is 4. The van der Waals surface area contributed by atoms with E-state index in [-0.39, 0.29) is 6.10 Å². The van der Waals surface area contributed by atoms with Crippen LogP contribution in [0.15, 0.2) is 12.1 Å². The zero-order chi connectivity index (χ0) is 15.1. The molecule has 1 aromatic carbocycles. The molecule has 6 heteroatoms. The number of ether oxygens (including phenoxy) is 2. The van der Waals surface area contributed by atoms with E-state index in [0.29, 0.717) is 12.4 Å². The van der Waals surface area contributed by atoms with Crippen LogP contribution >= 0.6 is 22.6 Å². The molecule has 1 aromatic heterocycles. The Kier molecular flexibility index (Phi) is 3.73. The van der Waals surface area contributed by atoms with Gasteiger partial charge in [-0.3, -0.25) is 0 Å². The molecule has 2 heterocycles. The smallest absolute Gasteiger partial charge is 0.135 e. The van der Waals surface area contributed by atoms with Gasteiger partial charge in [0.05, 0.1) is 22.9 Å². The van der Waals surface area contributed by atoms with Crippen molar-refractivity contribution in [1.82, 2.24) is 9.78 Å². The second kappa shape index (κ2) is 5.40. The highest BCUT2D eigenvalue weighted by molar-refractivity contribution is 14.1. The number of rotatable bonds is 3. The Morgan fingerprint density at radius 2 is 2.29 bits per heavy atom. The number of benzene rings is 1. The molecule has 0 radical (unpaired) electrons. The van der Waals surface area contributed by atoms with Crippen LogP contribution in [0.1, 0.15) is 23.7 Å². The zero-order valence-corrected chi connectivity index (χ0v) is 14.5. The average molecular weight is 399 g/mol. The first-order valence-electron chi connectivity index (χ1n) is 6.84. The van der Waals surface area contributed by atoms with Crippen molar-refractivity contribution in [2.45, 2.75) is 32.9 Å². The molecule has 0 amide bonds. The number of aryl methyl sites for hydroxylation is 1. The molecule has 0 saturated carbocycles. The summed E-state index contributed by atoms with van der Waals surface area (Å²) in [4.78, 5) is 0. The summed E-state index contributed by atoms with van der Waals surface area (Å²) in [6, 6.07) is 4.10. The molecule has 5 nitrogen and oxygen atoms in total. The summed E-state index contributed by atoms with van der Waals surface area (Å²) in [6.07, 6.45) is 1.14. The summed E-state index contributed by atoms with van der Waals surface area (Å²) in [6.45, 7) is 4.60. The van der Waals surface area contributed by atoms with Crippen molar-refractivity contribution in [3.05, 3.63) is 32.5 Å². The Bertz CT molecular complexity index is 697. The molecule has 0 bridgehead atoms. The van der Waals surface area contributed by atoms with Gasteiger partial charge in [-0.05, 0) is 48.6 Å². The molecule has 2 aromatic rings. The molecule has 1 aliphatic rings. The van der Waals surface area contributed by atoms with Crippen molar-refractivity contribution in [3.8, 4) is 11.5 Å². The maximum absolute atomic E-state index is 6.10. The number of nitrogens with zero attached hydrogens (tertiary/aromatic N) is 2. The molecule has 1 atom stereocenters. The van der Waals surface area contributed by atoms with Crippen molar-refractivity contribution >= 4 is 28.4 Å². The Morgan fingerprint density at radius 1 is 1.52 bits per heavy atom. The number of halogens is 1. The number of nitrogen functional groups attached to an aromatic ring is 1. The van der Waals surface area contributed by atoms with Crippen LogP contribution < -0.4 is 15.2 Å². The second-order valence-corrected chi connectivity index (χ2v) is 6.43. The summed E-state index contributed by atoms with van der Waals surface area (Å²) in [5.74, 6) is 2.48. The molecule has 3 rings (SSSR count). The first-order valence-corrected chi connectivity index (χ1v) is 7.92. The van der Waals surface area contributed by atoms with Crippen LogP contribution in [0.4, 0.5) is 5.82 Å². The van der Waals surface area contributed by atoms with Gasteiger partial charge >= 0.3 is 0 Å². The number of nitrogens with two attached hydrogens (primary N) is 1. The lowest BCUT2D eigenvalue weighted by atomic mass is 10.1. The van der Waals surface area contributed by atoms with Gasteiger partial charge in [0.1, 0.15) is 23.4 Å². The third kappa shape index (κ3) is 2.56. The number of fused-ring (bicyclic) bond motifs is 1. The van der Waals surface area contributed by atoms with E-state index in [4.69, 9.17) is 15.2 Å². The van der Waals surface area contributed by atoms with E-state index >= 15 is 0 Å². The van der Waals surface area contributed by atoms with E-state index in [9.17, 15) is 0 Å². The van der Waals surface area contributed by atoms with Gasteiger partial charge in [-0.2, -0.15) is 5.10 Å². The first-order chi connectivity index (χ1) is 9.99. The summed E-state index contributed by atoms with van der Waals surface area (Å²) in [5, 5.41) is 4.48. The molecule has 1 unspecified atom stereocenters. The standard InChI is InChI=1S/C15H18IN3O2/c1-8-4-10-5-12(20-3)11(6-13(10)21-8)7-19-15(17)14(16)9(2)18-19/h5-6,8H,4,7,17H2,1-3H3. The third-order valence-electron chi connectivity index (χ3n) is 3.71. The fraction of sp³-hybridized carbons (Fsp3) is 0.400. The molecular formula is C15H18IN3O2. The lowest BCUT2D eigenvalue weighted by molar-refractivity contribution is 0.254. The van der Waals surface area contributed by atoms with Crippen molar-refractivity contribution in [3.63, 3.8) is 0 Å². The molecule has 0 saturated heterocycles. The van der Waals surface area contributed by atoms with Crippen LogP contribution in [0.5, 0.6) is 11.5 Å². The van der Waals surface area contributed by atoms with Crippen LogP contribution in [0, 0.1) is 10.5 Å². The minimum atomic E-state index is 0.220. The van der Waals surface area contributed by atoms with Crippen LogP contribution in [0.2, 0.25) is 0 Å². The number of anilines is 1. The van der Waals surface area contributed by atoms with Gasteiger partial charge in [-0.15, -0.1) is 0 Å². The molecule has 0 aliphatic carbocycles. The number of aromatic nitrogens is 2. The fourth-order valence-corrected chi connectivity index (χ4v) is 3.04. The largest absolute Gasteiger partial charge is 0.496 e. The zero-order valence-electron chi connectivity index (χ0n) is 12.3. The highest BCUT2D eigenvalue weighted by Gasteiger charge is 2.22. The normalized spacial score (nSPS) is 16.7. The topological polar surface area (TPSA) is 62.3 Å². The number of hydrogen-bond donors (Lipinski definition) is 1. The minimum Gasteiger partial charge on any atom is -0.496 e. The second-order valence-electron chi connectivity index (χ2n) is 5.35. The first kappa shape index (κ1) is 14.5. The predicted molar refractivity (Wildman–Crippen MR) is 90.0 cm³/mol. The number of methoxy groups -OCH3 is 1. The van der Waals surface area contributed by atoms with E-state index in [1.54, 1.807) is 11.8 Å². The molecule has 1 aliphatic heterocycles. The average Bonchev–Trinajstić information content (AvgIpc) is 2.92. The molecule has 112 valence electrons. The molecule has 2 N–H and O–H groups in total. The van der Waals surface area contributed by atoms with Crippen LogP contribution in [0.3, 0.4) is 0 Å². The minimum absolute atomic E-state index is 0.220. The van der Waals surface area contributed by atoms with E-state index < -0.39 is 0 Å². The van der Waals surface area contributed by atoms with Crippen LogP contribution in [0.25, 0.3) is 0 Å². The quantitative estimate of drug-likeness (QED) is 0.807. The Labute approximate surface area is 137 Å². The van der Waals surface area contributed by atoms with Gasteiger partial charge in [0.25, 0.3) is 0 Å². The highest BCUT2D eigenvalue weighted by atomic mass is 127. The van der Waals surface area contributed by atoms with E-state index in [0.717, 1.165) is 32.7 Å². The van der Waals surface area contributed by atoms with Gasteiger partial charge < -0.3 is 15.2 Å². The molecule has 0 fully saturated rings. The Morgan fingerprint density at radius 3 is 2.90 bits per heavy atom. The van der Waals surface area contributed by atoms with Gasteiger partial charge in [0, 0.05) is 17.5 Å². The SMILES string of the molecule is COc1cc2c(cc1Cn1nc(C)c(I)c1N)OC(C)C2. The van der Waals surface area contributed by atoms with Crippen molar-refractivity contribution in [2.75, 3.05) is 12.8 Å². The fourth-order valence-electron chi connectivity index (χ4n) is 2.65. The van der Waals surface area contributed by atoms with Gasteiger partial charge in [-0.1, -0.05) is 0 Å².